The Kier molecular flexibility index (Phi) is 6.32. The molecule has 1 rings (SSSR count). The van der Waals surface area contributed by atoms with Crippen molar-refractivity contribution in [2.45, 2.75) is 33.2 Å². The van der Waals surface area contributed by atoms with Gasteiger partial charge in [0.25, 0.3) is 0 Å². The van der Waals surface area contributed by atoms with Crippen LogP contribution in [0.3, 0.4) is 0 Å². The average molecular weight is 228 g/mol. The Labute approximate surface area is 101 Å². The average Bonchev–Trinajstić information content (AvgIpc) is 2.63. The molecule has 1 saturated heterocycles. The molecule has 0 aromatic rings. The second-order valence-corrected chi connectivity index (χ2v) is 5.54. The molecule has 16 heavy (non-hydrogen) atoms. The second-order valence-electron chi connectivity index (χ2n) is 5.54. The van der Waals surface area contributed by atoms with Gasteiger partial charge in [0.1, 0.15) is 0 Å². The Bertz CT molecular complexity index is 185. The number of nitrogens with one attached hydrogen (secondary N) is 1. The van der Waals surface area contributed by atoms with Crippen LogP contribution < -0.4 is 5.32 Å². The fourth-order valence-corrected chi connectivity index (χ4v) is 2.43. The lowest BCUT2D eigenvalue weighted by Gasteiger charge is -2.20. The van der Waals surface area contributed by atoms with E-state index in [4.69, 9.17) is 4.74 Å². The molecule has 0 aromatic carbocycles. The minimum Gasteiger partial charge on any atom is -0.384 e. The first-order chi connectivity index (χ1) is 7.61. The fourth-order valence-electron chi connectivity index (χ4n) is 2.43. The predicted molar refractivity (Wildman–Crippen MR) is 68.7 cm³/mol. The van der Waals surface area contributed by atoms with Gasteiger partial charge in [-0.2, -0.15) is 0 Å². The Morgan fingerprint density at radius 3 is 2.75 bits per heavy atom. The summed E-state index contributed by atoms with van der Waals surface area (Å²) in [7, 11) is 1.79. The monoisotopic (exact) mass is 228 g/mol. The maximum atomic E-state index is 5.18. The summed E-state index contributed by atoms with van der Waals surface area (Å²) in [4.78, 5) is 2.58. The lowest BCUT2D eigenvalue weighted by molar-refractivity contribution is 0.136. The molecule has 0 aromatic heterocycles. The first-order valence-electron chi connectivity index (χ1n) is 6.56. The van der Waals surface area contributed by atoms with Gasteiger partial charge in [-0.05, 0) is 31.3 Å². The van der Waals surface area contributed by atoms with Crippen LogP contribution in [-0.4, -0.2) is 50.8 Å². The number of hydrogen-bond donors (Lipinski definition) is 1. The van der Waals surface area contributed by atoms with Crippen LogP contribution in [0.25, 0.3) is 0 Å². The van der Waals surface area contributed by atoms with E-state index in [1.807, 2.05) is 0 Å². The van der Waals surface area contributed by atoms with E-state index in [9.17, 15) is 0 Å². The number of methoxy groups -OCH3 is 1. The van der Waals surface area contributed by atoms with Crippen molar-refractivity contribution in [2.75, 3.05) is 39.9 Å². The van der Waals surface area contributed by atoms with E-state index in [2.05, 4.69) is 31.0 Å². The van der Waals surface area contributed by atoms with Gasteiger partial charge in [0.05, 0.1) is 0 Å². The molecule has 1 aliphatic rings. The fraction of sp³-hybridized carbons (Fsp3) is 1.00. The number of nitrogens with zero attached hydrogens (tertiary/aromatic N) is 1. The first kappa shape index (κ1) is 13.9. The third kappa shape index (κ3) is 5.28. The molecule has 0 saturated carbocycles. The molecule has 0 aliphatic carbocycles. The van der Waals surface area contributed by atoms with Crippen LogP contribution in [0.5, 0.6) is 0 Å². The van der Waals surface area contributed by atoms with Gasteiger partial charge in [-0.15, -0.1) is 0 Å². The molecule has 2 unspecified atom stereocenters. The van der Waals surface area contributed by atoms with Crippen LogP contribution in [-0.2, 0) is 4.74 Å². The van der Waals surface area contributed by atoms with E-state index < -0.39 is 0 Å². The molecule has 2 atom stereocenters. The van der Waals surface area contributed by atoms with Crippen LogP contribution in [0, 0.1) is 11.8 Å². The van der Waals surface area contributed by atoms with Crippen molar-refractivity contribution in [3.05, 3.63) is 0 Å². The second kappa shape index (κ2) is 7.25. The quantitative estimate of drug-likeness (QED) is 0.716. The third-order valence-corrected chi connectivity index (χ3v) is 3.21. The SMILES string of the molecule is COCC(C)CN1CCC(CNC(C)C)C1. The molecule has 1 fully saturated rings. The highest BCUT2D eigenvalue weighted by molar-refractivity contribution is 4.78. The summed E-state index contributed by atoms with van der Waals surface area (Å²) < 4.78 is 5.18. The van der Waals surface area contributed by atoms with Crippen molar-refractivity contribution < 1.29 is 4.74 Å². The predicted octanol–water partition coefficient (Wildman–Crippen LogP) is 1.59. The van der Waals surface area contributed by atoms with Crippen LogP contribution in [0.15, 0.2) is 0 Å². The van der Waals surface area contributed by atoms with Crippen LogP contribution in [0.2, 0.25) is 0 Å². The van der Waals surface area contributed by atoms with Gasteiger partial charge in [-0.25, -0.2) is 0 Å². The highest BCUT2D eigenvalue weighted by Crippen LogP contribution is 2.16. The highest BCUT2D eigenvalue weighted by atomic mass is 16.5. The van der Waals surface area contributed by atoms with E-state index in [1.54, 1.807) is 7.11 Å². The maximum Gasteiger partial charge on any atom is 0.0500 e. The number of likely N-dealkylation sites (tertiary alicyclic amines) is 1. The standard InChI is InChI=1S/C13H28N2O/c1-11(2)14-7-13-5-6-15(9-13)8-12(3)10-16-4/h11-14H,5-10H2,1-4H3. The zero-order chi connectivity index (χ0) is 12.0. The van der Waals surface area contributed by atoms with Crippen LogP contribution in [0.1, 0.15) is 27.2 Å². The van der Waals surface area contributed by atoms with Crippen LogP contribution >= 0.6 is 0 Å². The molecule has 3 nitrogen and oxygen atoms in total. The Hall–Kier alpha value is -0.120. The topological polar surface area (TPSA) is 24.5 Å². The van der Waals surface area contributed by atoms with Crippen molar-refractivity contribution in [2.24, 2.45) is 11.8 Å². The maximum absolute atomic E-state index is 5.18. The molecular formula is C13H28N2O. The van der Waals surface area contributed by atoms with E-state index in [-0.39, 0.29) is 0 Å². The van der Waals surface area contributed by atoms with E-state index in [0.717, 1.165) is 12.5 Å². The number of ether oxygens (including phenoxy) is 1. The van der Waals surface area contributed by atoms with Crippen molar-refractivity contribution in [1.29, 1.82) is 0 Å². The number of rotatable bonds is 7. The first-order valence-corrected chi connectivity index (χ1v) is 6.56. The zero-order valence-corrected chi connectivity index (χ0v) is 11.3. The molecule has 0 radical (unpaired) electrons. The largest absolute Gasteiger partial charge is 0.384 e. The van der Waals surface area contributed by atoms with E-state index in [0.29, 0.717) is 12.0 Å². The highest BCUT2D eigenvalue weighted by Gasteiger charge is 2.23. The lowest BCUT2D eigenvalue weighted by Crippen LogP contribution is -2.32. The molecule has 3 heteroatoms. The van der Waals surface area contributed by atoms with Gasteiger partial charge in [-0.1, -0.05) is 20.8 Å². The minimum absolute atomic E-state index is 0.612. The van der Waals surface area contributed by atoms with Gasteiger partial charge < -0.3 is 15.0 Å². The molecule has 1 heterocycles. The zero-order valence-electron chi connectivity index (χ0n) is 11.3. The molecule has 96 valence electrons. The summed E-state index contributed by atoms with van der Waals surface area (Å²) in [6, 6.07) is 0.612. The molecular weight excluding hydrogens is 200 g/mol. The normalized spacial score (nSPS) is 24.2. The van der Waals surface area contributed by atoms with Gasteiger partial charge in [-0.3, -0.25) is 0 Å². The summed E-state index contributed by atoms with van der Waals surface area (Å²) in [5, 5.41) is 3.54. The Morgan fingerprint density at radius 1 is 1.38 bits per heavy atom. The van der Waals surface area contributed by atoms with E-state index in [1.165, 1.54) is 32.6 Å². The summed E-state index contributed by atoms with van der Waals surface area (Å²) in [6.45, 7) is 12.5. The number of hydrogen-bond acceptors (Lipinski definition) is 3. The Balaban J connectivity index is 2.14. The minimum atomic E-state index is 0.612. The molecule has 1 N–H and O–H groups in total. The summed E-state index contributed by atoms with van der Waals surface area (Å²) in [5.74, 6) is 1.50. The van der Waals surface area contributed by atoms with E-state index >= 15 is 0 Å². The van der Waals surface area contributed by atoms with Gasteiger partial charge in [0, 0.05) is 32.8 Å². The van der Waals surface area contributed by atoms with Crippen molar-refractivity contribution in [3.8, 4) is 0 Å². The van der Waals surface area contributed by atoms with Gasteiger partial charge >= 0.3 is 0 Å². The van der Waals surface area contributed by atoms with Crippen molar-refractivity contribution in [1.82, 2.24) is 10.2 Å². The summed E-state index contributed by atoms with van der Waals surface area (Å²) in [5.41, 5.74) is 0. The molecule has 0 spiro atoms. The van der Waals surface area contributed by atoms with Gasteiger partial charge in [0.15, 0.2) is 0 Å². The van der Waals surface area contributed by atoms with Gasteiger partial charge in [0.2, 0.25) is 0 Å². The molecule has 1 aliphatic heterocycles. The molecule has 0 bridgehead atoms. The molecule has 0 amide bonds. The summed E-state index contributed by atoms with van der Waals surface area (Å²) >= 11 is 0. The summed E-state index contributed by atoms with van der Waals surface area (Å²) in [6.07, 6.45) is 1.35. The lowest BCUT2D eigenvalue weighted by atomic mass is 10.1. The smallest absolute Gasteiger partial charge is 0.0500 e. The van der Waals surface area contributed by atoms with Crippen molar-refractivity contribution in [3.63, 3.8) is 0 Å². The van der Waals surface area contributed by atoms with Crippen molar-refractivity contribution >= 4 is 0 Å². The third-order valence-electron chi connectivity index (χ3n) is 3.21. The Morgan fingerprint density at radius 2 is 2.12 bits per heavy atom. The van der Waals surface area contributed by atoms with Crippen LogP contribution in [0.4, 0.5) is 0 Å².